The highest BCUT2D eigenvalue weighted by Crippen LogP contribution is 2.26. The van der Waals surface area contributed by atoms with Crippen molar-refractivity contribution in [1.29, 1.82) is 0 Å². The van der Waals surface area contributed by atoms with Crippen molar-refractivity contribution in [3.05, 3.63) is 35.2 Å². The van der Waals surface area contributed by atoms with Gasteiger partial charge in [-0.3, -0.25) is 0 Å². The van der Waals surface area contributed by atoms with Gasteiger partial charge in [0.1, 0.15) is 0 Å². The lowest BCUT2D eigenvalue weighted by molar-refractivity contribution is 0.475. The fourth-order valence-corrected chi connectivity index (χ4v) is 1.16. The molecule has 0 bridgehead atoms. The first kappa shape index (κ1) is 17.0. The van der Waals surface area contributed by atoms with Crippen LogP contribution in [0.5, 0.6) is 0 Å². The van der Waals surface area contributed by atoms with Gasteiger partial charge < -0.3 is 5.32 Å². The molecule has 0 aliphatic carbocycles. The monoisotopic (exact) mass is 249 g/mol. The van der Waals surface area contributed by atoms with Crippen LogP contribution in [0.4, 0.5) is 0 Å². The zero-order valence-corrected chi connectivity index (χ0v) is 13.8. The Hall–Kier alpha value is -0.980. The van der Waals surface area contributed by atoms with E-state index in [9.17, 15) is 0 Å². The zero-order chi connectivity index (χ0) is 14.7. The van der Waals surface area contributed by atoms with E-state index in [1.807, 2.05) is 0 Å². The van der Waals surface area contributed by atoms with Gasteiger partial charge in [0.15, 0.2) is 0 Å². The second-order valence-corrected chi connectivity index (χ2v) is 7.24. The second-order valence-electron chi connectivity index (χ2n) is 7.24. The maximum atomic E-state index is 4.11. The molecular formula is C17H31N. The van der Waals surface area contributed by atoms with Crippen LogP contribution in [-0.2, 0) is 0 Å². The molecule has 0 aromatic rings. The van der Waals surface area contributed by atoms with Crippen molar-refractivity contribution in [2.75, 3.05) is 0 Å². The predicted octanol–water partition coefficient (Wildman–Crippen LogP) is 5.42. The standard InChI is InChI=1S/C17H31N/c1-12(11-13(2)16(5,6)7)14(3)18-15(4)17(8,9)10/h11,18H,4H2,1-3,5-10H3/b13-11+,14-12+. The van der Waals surface area contributed by atoms with Gasteiger partial charge in [-0.2, -0.15) is 0 Å². The fourth-order valence-electron chi connectivity index (χ4n) is 1.16. The highest BCUT2D eigenvalue weighted by molar-refractivity contribution is 5.29. The Balaban J connectivity index is 5.01. The van der Waals surface area contributed by atoms with Crippen LogP contribution >= 0.6 is 0 Å². The van der Waals surface area contributed by atoms with Crippen LogP contribution in [0, 0.1) is 10.8 Å². The fraction of sp³-hybridized carbons (Fsp3) is 0.647. The lowest BCUT2D eigenvalue weighted by atomic mass is 9.86. The molecule has 1 heteroatoms. The quantitative estimate of drug-likeness (QED) is 0.658. The lowest BCUT2D eigenvalue weighted by Gasteiger charge is -2.25. The molecule has 0 aromatic carbocycles. The molecule has 0 unspecified atom stereocenters. The van der Waals surface area contributed by atoms with Gasteiger partial charge in [-0.1, -0.05) is 59.8 Å². The average Bonchev–Trinajstić information content (AvgIpc) is 2.14. The molecule has 0 heterocycles. The Morgan fingerprint density at radius 1 is 0.889 bits per heavy atom. The minimum absolute atomic E-state index is 0.0876. The summed E-state index contributed by atoms with van der Waals surface area (Å²) in [4.78, 5) is 0. The summed E-state index contributed by atoms with van der Waals surface area (Å²) in [6.07, 6.45) is 2.26. The molecule has 1 nitrogen and oxygen atoms in total. The molecule has 0 saturated heterocycles. The first-order valence-electron chi connectivity index (χ1n) is 6.68. The second kappa shape index (κ2) is 5.77. The van der Waals surface area contributed by atoms with Crippen LogP contribution in [0.2, 0.25) is 0 Å². The maximum Gasteiger partial charge on any atom is 0.0146 e. The van der Waals surface area contributed by atoms with E-state index in [0.29, 0.717) is 0 Å². The first-order valence-corrected chi connectivity index (χ1v) is 6.68. The van der Waals surface area contributed by atoms with Crippen LogP contribution in [0.1, 0.15) is 62.3 Å². The van der Waals surface area contributed by atoms with Gasteiger partial charge in [-0.25, -0.2) is 0 Å². The lowest BCUT2D eigenvalue weighted by Crippen LogP contribution is -2.22. The first-order chi connectivity index (χ1) is 7.85. The van der Waals surface area contributed by atoms with Gasteiger partial charge in [-0.05, 0) is 31.8 Å². The largest absolute Gasteiger partial charge is 0.362 e. The van der Waals surface area contributed by atoms with Crippen molar-refractivity contribution < 1.29 is 0 Å². The van der Waals surface area contributed by atoms with Crippen LogP contribution in [0.15, 0.2) is 35.2 Å². The summed E-state index contributed by atoms with van der Waals surface area (Å²) in [5, 5.41) is 3.42. The molecule has 0 atom stereocenters. The molecule has 0 saturated carbocycles. The van der Waals surface area contributed by atoms with Crippen LogP contribution in [0.25, 0.3) is 0 Å². The van der Waals surface area contributed by atoms with E-state index in [0.717, 1.165) is 5.70 Å². The normalized spacial score (nSPS) is 15.3. The molecule has 104 valence electrons. The van der Waals surface area contributed by atoms with Crippen molar-refractivity contribution >= 4 is 0 Å². The molecule has 0 aliphatic rings. The van der Waals surface area contributed by atoms with Crippen molar-refractivity contribution in [3.63, 3.8) is 0 Å². The Labute approximate surface area is 114 Å². The van der Waals surface area contributed by atoms with Crippen LogP contribution < -0.4 is 5.32 Å². The summed E-state index contributed by atoms with van der Waals surface area (Å²) in [6, 6.07) is 0. The topological polar surface area (TPSA) is 12.0 Å². The van der Waals surface area contributed by atoms with E-state index in [-0.39, 0.29) is 10.8 Å². The van der Waals surface area contributed by atoms with E-state index in [1.165, 1.54) is 16.8 Å². The van der Waals surface area contributed by atoms with Crippen molar-refractivity contribution in [1.82, 2.24) is 5.32 Å². The van der Waals surface area contributed by atoms with Crippen LogP contribution in [-0.4, -0.2) is 0 Å². The summed E-state index contributed by atoms with van der Waals surface area (Å²) in [6.45, 7) is 23.8. The van der Waals surface area contributed by atoms with Crippen molar-refractivity contribution in [3.8, 4) is 0 Å². The minimum Gasteiger partial charge on any atom is -0.362 e. The average molecular weight is 249 g/mol. The Morgan fingerprint density at radius 2 is 1.33 bits per heavy atom. The van der Waals surface area contributed by atoms with Crippen molar-refractivity contribution in [2.24, 2.45) is 10.8 Å². The van der Waals surface area contributed by atoms with E-state index in [4.69, 9.17) is 0 Å². The number of hydrogen-bond donors (Lipinski definition) is 1. The number of nitrogens with one attached hydrogen (secondary N) is 1. The maximum absolute atomic E-state index is 4.11. The van der Waals surface area contributed by atoms with E-state index in [2.05, 4.69) is 80.3 Å². The number of allylic oxidation sites excluding steroid dienone is 5. The third-order valence-corrected chi connectivity index (χ3v) is 3.45. The van der Waals surface area contributed by atoms with Crippen LogP contribution in [0.3, 0.4) is 0 Å². The van der Waals surface area contributed by atoms with Gasteiger partial charge in [0, 0.05) is 16.8 Å². The molecule has 0 amide bonds. The Morgan fingerprint density at radius 3 is 1.67 bits per heavy atom. The smallest absolute Gasteiger partial charge is 0.0146 e. The van der Waals surface area contributed by atoms with E-state index in [1.54, 1.807) is 0 Å². The Bertz CT molecular complexity index is 367. The van der Waals surface area contributed by atoms with Gasteiger partial charge in [-0.15, -0.1) is 0 Å². The summed E-state index contributed by atoms with van der Waals surface area (Å²) < 4.78 is 0. The molecule has 0 radical (unpaired) electrons. The Kier molecular flexibility index (Phi) is 5.46. The highest BCUT2D eigenvalue weighted by Gasteiger charge is 2.16. The molecule has 0 rings (SSSR count). The number of rotatable bonds is 3. The highest BCUT2D eigenvalue weighted by atomic mass is 14.9. The summed E-state index contributed by atoms with van der Waals surface area (Å²) >= 11 is 0. The van der Waals surface area contributed by atoms with Gasteiger partial charge >= 0.3 is 0 Å². The molecule has 0 spiro atoms. The third-order valence-electron chi connectivity index (χ3n) is 3.45. The molecular weight excluding hydrogens is 218 g/mol. The summed E-state index contributed by atoms with van der Waals surface area (Å²) in [5.74, 6) is 0. The third kappa shape index (κ3) is 5.57. The molecule has 0 aromatic heterocycles. The summed E-state index contributed by atoms with van der Waals surface area (Å²) in [5.41, 5.74) is 5.21. The minimum atomic E-state index is 0.0876. The molecule has 18 heavy (non-hydrogen) atoms. The predicted molar refractivity (Wildman–Crippen MR) is 83.3 cm³/mol. The van der Waals surface area contributed by atoms with Gasteiger partial charge in [0.25, 0.3) is 0 Å². The zero-order valence-electron chi connectivity index (χ0n) is 13.8. The molecule has 0 fully saturated rings. The van der Waals surface area contributed by atoms with E-state index >= 15 is 0 Å². The van der Waals surface area contributed by atoms with Gasteiger partial charge in [0.05, 0.1) is 0 Å². The van der Waals surface area contributed by atoms with Gasteiger partial charge in [0.2, 0.25) is 0 Å². The van der Waals surface area contributed by atoms with Crippen molar-refractivity contribution in [2.45, 2.75) is 62.3 Å². The number of hydrogen-bond acceptors (Lipinski definition) is 1. The van der Waals surface area contributed by atoms with E-state index < -0.39 is 0 Å². The molecule has 0 aliphatic heterocycles. The molecule has 1 N–H and O–H groups in total. The summed E-state index contributed by atoms with van der Waals surface area (Å²) in [7, 11) is 0. The SMILES string of the molecule is C=C(N/C(C)=C(C)/C=C(\C)C(C)(C)C)C(C)(C)C.